The van der Waals surface area contributed by atoms with E-state index in [1.54, 1.807) is 0 Å². The zero-order chi connectivity index (χ0) is 22.7. The van der Waals surface area contributed by atoms with Gasteiger partial charge in [0.1, 0.15) is 11.2 Å². The number of amides is 4. The monoisotopic (exact) mass is 468 g/mol. The highest BCUT2D eigenvalue weighted by Crippen LogP contribution is 2.38. The molecular formula is C16H24N2O10S2. The predicted octanol–water partition coefficient (Wildman–Crippen LogP) is 0.426. The molecule has 0 spiro atoms. The van der Waals surface area contributed by atoms with Crippen molar-refractivity contribution in [1.29, 1.82) is 0 Å². The van der Waals surface area contributed by atoms with Gasteiger partial charge in [0.15, 0.2) is 0 Å². The molecule has 4 amide bonds. The third kappa shape index (κ3) is 5.85. The van der Waals surface area contributed by atoms with Gasteiger partial charge in [0.05, 0.1) is 6.10 Å². The lowest BCUT2D eigenvalue weighted by atomic mass is 9.75. The Balaban J connectivity index is 2.46. The third-order valence-electron chi connectivity index (χ3n) is 5.17. The van der Waals surface area contributed by atoms with Crippen molar-refractivity contribution in [2.45, 2.75) is 57.1 Å². The number of nitrogens with one attached hydrogen (secondary N) is 1. The number of imide groups is 2. The Morgan fingerprint density at radius 1 is 1.17 bits per heavy atom. The van der Waals surface area contributed by atoms with Crippen LogP contribution in [0.2, 0.25) is 0 Å². The van der Waals surface area contributed by atoms with Gasteiger partial charge in [-0.1, -0.05) is 25.3 Å². The van der Waals surface area contributed by atoms with Gasteiger partial charge in [0, 0.05) is 6.04 Å². The van der Waals surface area contributed by atoms with E-state index >= 15 is 0 Å². The van der Waals surface area contributed by atoms with Crippen molar-refractivity contribution in [2.75, 3.05) is 5.75 Å². The first-order chi connectivity index (χ1) is 13.8. The Morgan fingerprint density at radius 3 is 2.27 bits per heavy atom. The highest BCUT2D eigenvalue weighted by atomic mass is 32.3. The Bertz CT molecular complexity index is 890. The molecule has 1 aliphatic heterocycles. The molecule has 0 aromatic heterocycles. The lowest BCUT2D eigenvalue weighted by Gasteiger charge is -2.43. The molecular weight excluding hydrogens is 444 g/mol. The van der Waals surface area contributed by atoms with Gasteiger partial charge in [-0.05, 0) is 25.7 Å². The first kappa shape index (κ1) is 24.4. The van der Waals surface area contributed by atoms with Crippen LogP contribution in [-0.2, 0) is 34.3 Å². The molecule has 30 heavy (non-hydrogen) atoms. The smallest absolute Gasteiger partial charge is 0.285 e. The van der Waals surface area contributed by atoms with Crippen molar-refractivity contribution < 1.29 is 44.5 Å². The summed E-state index contributed by atoms with van der Waals surface area (Å²) in [5.41, 5.74) is -2.12. The van der Waals surface area contributed by atoms with E-state index in [1.807, 2.05) is 0 Å². The van der Waals surface area contributed by atoms with Crippen molar-refractivity contribution in [1.82, 2.24) is 10.2 Å². The Kier molecular flexibility index (Phi) is 7.40. The Labute approximate surface area is 174 Å². The van der Waals surface area contributed by atoms with Crippen LogP contribution in [0.15, 0.2) is 12.7 Å². The highest BCUT2D eigenvalue weighted by Gasteiger charge is 2.56. The maximum absolute atomic E-state index is 13.3. The van der Waals surface area contributed by atoms with E-state index in [4.69, 9.17) is 9.11 Å². The molecule has 170 valence electrons. The number of nitrogens with zero attached hydrogens (tertiary/aromatic N) is 1. The van der Waals surface area contributed by atoms with Gasteiger partial charge in [-0.15, -0.1) is 6.58 Å². The first-order valence-corrected chi connectivity index (χ1v) is 12.2. The highest BCUT2D eigenvalue weighted by molar-refractivity contribution is 7.85. The van der Waals surface area contributed by atoms with Crippen LogP contribution in [0.25, 0.3) is 0 Å². The second-order valence-electron chi connectivity index (χ2n) is 7.40. The second-order valence-corrected chi connectivity index (χ2v) is 9.94. The summed E-state index contributed by atoms with van der Waals surface area (Å²) in [7, 11) is -10.0. The number of carbonyl (C=O) groups excluding carboxylic acids is 3. The average molecular weight is 469 g/mol. The quantitative estimate of drug-likeness (QED) is 0.243. The van der Waals surface area contributed by atoms with E-state index in [-0.39, 0.29) is 6.42 Å². The van der Waals surface area contributed by atoms with Crippen molar-refractivity contribution >= 4 is 38.4 Å². The average Bonchev–Trinajstić information content (AvgIpc) is 2.58. The molecule has 2 aliphatic rings. The summed E-state index contributed by atoms with van der Waals surface area (Å²) < 4.78 is 67.2. The largest absolute Gasteiger partial charge is 0.397 e. The molecule has 2 unspecified atom stereocenters. The van der Waals surface area contributed by atoms with Gasteiger partial charge in [-0.2, -0.15) is 16.8 Å². The van der Waals surface area contributed by atoms with Gasteiger partial charge in [-0.25, -0.2) is 8.98 Å². The second kappa shape index (κ2) is 9.09. The van der Waals surface area contributed by atoms with Gasteiger partial charge in [-0.3, -0.25) is 28.9 Å². The molecule has 12 nitrogen and oxygen atoms in total. The fourth-order valence-corrected chi connectivity index (χ4v) is 5.20. The molecule has 1 saturated heterocycles. The molecule has 0 aromatic carbocycles. The zero-order valence-corrected chi connectivity index (χ0v) is 17.7. The van der Waals surface area contributed by atoms with E-state index in [9.17, 15) is 31.2 Å². The van der Waals surface area contributed by atoms with Crippen molar-refractivity contribution in [3.63, 3.8) is 0 Å². The minimum Gasteiger partial charge on any atom is -0.285 e. The molecule has 1 saturated carbocycles. The molecule has 2 rings (SSSR count). The summed E-state index contributed by atoms with van der Waals surface area (Å²) >= 11 is 0. The summed E-state index contributed by atoms with van der Waals surface area (Å²) in [6, 6.07) is -1.40. The molecule has 1 aliphatic carbocycles. The van der Waals surface area contributed by atoms with Crippen molar-refractivity contribution in [2.24, 2.45) is 5.41 Å². The fourth-order valence-electron chi connectivity index (χ4n) is 3.97. The van der Waals surface area contributed by atoms with Crippen LogP contribution >= 0.6 is 0 Å². The van der Waals surface area contributed by atoms with Gasteiger partial charge in [0.25, 0.3) is 10.1 Å². The van der Waals surface area contributed by atoms with Crippen LogP contribution in [0.1, 0.15) is 44.9 Å². The number of rotatable bonds is 9. The molecule has 0 radical (unpaired) electrons. The topological polar surface area (TPSA) is 184 Å². The zero-order valence-electron chi connectivity index (χ0n) is 16.0. The summed E-state index contributed by atoms with van der Waals surface area (Å²) in [5, 5.41) is 2.06. The van der Waals surface area contributed by atoms with Crippen LogP contribution in [0.4, 0.5) is 4.79 Å². The van der Waals surface area contributed by atoms with E-state index < -0.39 is 68.1 Å². The van der Waals surface area contributed by atoms with Crippen LogP contribution in [-0.4, -0.2) is 66.6 Å². The number of hydrogen-bond donors (Lipinski definition) is 3. The minimum absolute atomic E-state index is 0.370. The van der Waals surface area contributed by atoms with E-state index in [1.165, 1.54) is 6.08 Å². The Morgan fingerprint density at radius 2 is 1.77 bits per heavy atom. The maximum Gasteiger partial charge on any atom is 0.397 e. The third-order valence-corrected chi connectivity index (χ3v) is 6.47. The minimum atomic E-state index is -5.19. The van der Waals surface area contributed by atoms with Gasteiger partial charge in [0.2, 0.25) is 11.8 Å². The van der Waals surface area contributed by atoms with Crippen LogP contribution < -0.4 is 5.32 Å². The summed E-state index contributed by atoms with van der Waals surface area (Å²) in [6.45, 7) is 3.47. The standard InChI is InChI=1S/C16H24N2O10S2/c1-2-8-16(9-12(10-29(22,23)24)28-30(25,26)27)13(19)17-15(21)18(14(16)20)11-6-4-3-5-7-11/h2,11-12H,1,3-10H2,(H,17,19,21)(H,22,23,24)(H,25,26,27). The first-order valence-electron chi connectivity index (χ1n) is 9.20. The van der Waals surface area contributed by atoms with E-state index in [2.05, 4.69) is 16.1 Å². The van der Waals surface area contributed by atoms with Crippen molar-refractivity contribution in [3.8, 4) is 0 Å². The van der Waals surface area contributed by atoms with Gasteiger partial charge >= 0.3 is 16.4 Å². The summed E-state index contributed by atoms with van der Waals surface area (Å²) in [4.78, 5) is 39.4. The Hall–Kier alpha value is -1.87. The maximum atomic E-state index is 13.3. The molecule has 2 fully saturated rings. The lowest BCUT2D eigenvalue weighted by Crippen LogP contribution is -2.67. The van der Waals surface area contributed by atoms with Crippen LogP contribution in [0, 0.1) is 5.41 Å². The predicted molar refractivity (Wildman–Crippen MR) is 102 cm³/mol. The summed E-state index contributed by atoms with van der Waals surface area (Å²) in [5.74, 6) is -3.34. The van der Waals surface area contributed by atoms with E-state index in [0.717, 1.165) is 24.2 Å². The fraction of sp³-hybridized carbons (Fsp3) is 0.688. The van der Waals surface area contributed by atoms with Gasteiger partial charge < -0.3 is 0 Å². The molecule has 2 atom stereocenters. The number of urea groups is 1. The normalized spacial score (nSPS) is 25.1. The van der Waals surface area contributed by atoms with E-state index in [0.29, 0.717) is 12.8 Å². The van der Waals surface area contributed by atoms with Crippen molar-refractivity contribution in [3.05, 3.63) is 12.7 Å². The molecule has 3 N–H and O–H groups in total. The number of allylic oxidation sites excluding steroid dienone is 1. The number of carbonyl (C=O) groups is 3. The molecule has 0 bridgehead atoms. The summed E-state index contributed by atoms with van der Waals surface area (Å²) in [6.07, 6.45) is 1.49. The lowest BCUT2D eigenvalue weighted by molar-refractivity contribution is -0.155. The molecule has 1 heterocycles. The molecule has 0 aromatic rings. The molecule has 14 heteroatoms. The van der Waals surface area contributed by atoms with Crippen LogP contribution in [0.3, 0.4) is 0 Å². The number of barbiturate groups is 1. The van der Waals surface area contributed by atoms with Crippen LogP contribution in [0.5, 0.6) is 0 Å². The number of hydrogen-bond acceptors (Lipinski definition) is 8. The SMILES string of the molecule is C=CCC1(CC(CS(=O)(=O)O)OS(=O)(=O)O)C(=O)NC(=O)N(C2CCCCC2)C1=O.